The van der Waals surface area contributed by atoms with Crippen molar-refractivity contribution in [2.75, 3.05) is 4.90 Å². The van der Waals surface area contributed by atoms with Crippen LogP contribution in [0.2, 0.25) is 0 Å². The molecular weight excluding hydrogens is 260 g/mol. The van der Waals surface area contributed by atoms with E-state index >= 15 is 0 Å². The molecule has 7 nitrogen and oxygen atoms in total. The van der Waals surface area contributed by atoms with E-state index in [1.54, 1.807) is 10.9 Å². The maximum atomic E-state index is 11.7. The van der Waals surface area contributed by atoms with E-state index in [4.69, 9.17) is 4.52 Å². The number of anilines is 1. The van der Waals surface area contributed by atoms with Crippen molar-refractivity contribution in [2.45, 2.75) is 33.2 Å². The van der Waals surface area contributed by atoms with E-state index in [2.05, 4.69) is 10.3 Å². The Morgan fingerprint density at radius 3 is 2.55 bits per heavy atom. The second-order valence-corrected chi connectivity index (χ2v) is 4.82. The lowest BCUT2D eigenvalue weighted by atomic mass is 10.2. The number of imide groups is 1. The number of carbonyl (C=O) groups excluding carboxylic acids is 2. The van der Waals surface area contributed by atoms with Gasteiger partial charge in [0, 0.05) is 24.6 Å². The van der Waals surface area contributed by atoms with Gasteiger partial charge in [0.05, 0.1) is 24.1 Å². The number of hydrogen-bond acceptors (Lipinski definition) is 5. The molecule has 0 N–H and O–H groups in total. The molecule has 3 heterocycles. The average Bonchev–Trinajstić information content (AvgIpc) is 3.07. The predicted octanol–water partition coefficient (Wildman–Crippen LogP) is 1.19. The number of amides is 2. The topological polar surface area (TPSA) is 81.2 Å². The zero-order valence-corrected chi connectivity index (χ0v) is 11.3. The van der Waals surface area contributed by atoms with E-state index in [9.17, 15) is 9.59 Å². The van der Waals surface area contributed by atoms with Crippen LogP contribution in [0.1, 0.15) is 29.9 Å². The minimum Gasteiger partial charge on any atom is -0.361 e. The molecule has 0 unspecified atom stereocenters. The number of hydrogen-bond donors (Lipinski definition) is 0. The van der Waals surface area contributed by atoms with Gasteiger partial charge in [-0.25, -0.2) is 4.90 Å². The molecule has 0 spiro atoms. The third kappa shape index (κ3) is 2.01. The molecule has 7 heteroatoms. The van der Waals surface area contributed by atoms with Crippen molar-refractivity contribution < 1.29 is 14.1 Å². The summed E-state index contributed by atoms with van der Waals surface area (Å²) in [5, 5.41) is 8.07. The average molecular weight is 274 g/mol. The summed E-state index contributed by atoms with van der Waals surface area (Å²) in [4.78, 5) is 24.5. The second-order valence-electron chi connectivity index (χ2n) is 4.82. The highest BCUT2D eigenvalue weighted by Gasteiger charge is 2.31. The molecule has 2 amide bonds. The summed E-state index contributed by atoms with van der Waals surface area (Å²) in [5.74, 6) is 0.395. The van der Waals surface area contributed by atoms with E-state index in [1.165, 1.54) is 11.1 Å². The molecule has 3 rings (SSSR count). The molecule has 0 saturated carbocycles. The molecule has 104 valence electrons. The van der Waals surface area contributed by atoms with Gasteiger partial charge in [-0.1, -0.05) is 5.16 Å². The maximum absolute atomic E-state index is 11.7. The van der Waals surface area contributed by atoms with E-state index in [-0.39, 0.29) is 24.7 Å². The highest BCUT2D eigenvalue weighted by atomic mass is 16.5. The second kappa shape index (κ2) is 4.59. The maximum Gasteiger partial charge on any atom is 0.234 e. The Balaban J connectivity index is 1.84. The first-order valence-corrected chi connectivity index (χ1v) is 6.36. The molecule has 2 aromatic heterocycles. The Morgan fingerprint density at radius 2 is 1.95 bits per heavy atom. The van der Waals surface area contributed by atoms with Gasteiger partial charge in [-0.15, -0.1) is 0 Å². The van der Waals surface area contributed by atoms with Crippen molar-refractivity contribution in [3.8, 4) is 0 Å². The molecule has 1 fully saturated rings. The standard InChI is InChI=1S/C13H14N4O3/c1-8-11(9(2)20-15-8)7-16-6-10(5-14-16)17-12(18)3-4-13(17)19/h5-6H,3-4,7H2,1-2H3. The van der Waals surface area contributed by atoms with Gasteiger partial charge in [0.25, 0.3) is 0 Å². The van der Waals surface area contributed by atoms with Crippen LogP contribution in [0.15, 0.2) is 16.9 Å². The van der Waals surface area contributed by atoms with Crippen LogP contribution in [0.4, 0.5) is 5.69 Å². The van der Waals surface area contributed by atoms with Gasteiger partial charge in [-0.05, 0) is 13.8 Å². The normalized spacial score (nSPS) is 15.4. The highest BCUT2D eigenvalue weighted by molar-refractivity contribution is 6.19. The zero-order chi connectivity index (χ0) is 14.3. The number of aromatic nitrogens is 3. The van der Waals surface area contributed by atoms with Crippen LogP contribution in [0, 0.1) is 13.8 Å². The molecule has 2 aromatic rings. The van der Waals surface area contributed by atoms with Gasteiger partial charge >= 0.3 is 0 Å². The van der Waals surface area contributed by atoms with E-state index in [0.717, 1.165) is 17.0 Å². The van der Waals surface area contributed by atoms with Gasteiger partial charge in [0.2, 0.25) is 11.8 Å². The Morgan fingerprint density at radius 1 is 1.25 bits per heavy atom. The minimum atomic E-state index is -0.174. The van der Waals surface area contributed by atoms with Gasteiger partial charge in [-0.3, -0.25) is 14.3 Å². The van der Waals surface area contributed by atoms with Crippen molar-refractivity contribution in [1.29, 1.82) is 0 Å². The van der Waals surface area contributed by atoms with Crippen molar-refractivity contribution in [2.24, 2.45) is 0 Å². The Kier molecular flexibility index (Phi) is 2.89. The van der Waals surface area contributed by atoms with Gasteiger partial charge in [0.1, 0.15) is 5.76 Å². The van der Waals surface area contributed by atoms with Crippen LogP contribution in [-0.2, 0) is 16.1 Å². The lowest BCUT2D eigenvalue weighted by Crippen LogP contribution is -2.28. The van der Waals surface area contributed by atoms with Crippen LogP contribution in [0.25, 0.3) is 0 Å². The third-order valence-electron chi connectivity index (χ3n) is 3.43. The van der Waals surface area contributed by atoms with Crippen molar-refractivity contribution in [3.63, 3.8) is 0 Å². The molecule has 0 atom stereocenters. The molecule has 0 aliphatic carbocycles. The van der Waals surface area contributed by atoms with E-state index < -0.39 is 0 Å². The van der Waals surface area contributed by atoms with E-state index in [1.807, 2.05) is 13.8 Å². The number of nitrogens with zero attached hydrogens (tertiary/aromatic N) is 4. The van der Waals surface area contributed by atoms with Gasteiger partial charge in [-0.2, -0.15) is 5.10 Å². The minimum absolute atomic E-state index is 0.174. The fourth-order valence-corrected chi connectivity index (χ4v) is 2.31. The fourth-order valence-electron chi connectivity index (χ4n) is 2.31. The summed E-state index contributed by atoms with van der Waals surface area (Å²) < 4.78 is 6.77. The van der Waals surface area contributed by atoms with Crippen LogP contribution in [-0.4, -0.2) is 26.8 Å². The monoisotopic (exact) mass is 274 g/mol. The molecular formula is C13H14N4O3. The molecule has 20 heavy (non-hydrogen) atoms. The Labute approximate surface area is 115 Å². The molecule has 1 saturated heterocycles. The summed E-state index contributed by atoms with van der Waals surface area (Å²) in [6.07, 6.45) is 3.76. The molecule has 1 aliphatic heterocycles. The lowest BCUT2D eigenvalue weighted by molar-refractivity contribution is -0.121. The van der Waals surface area contributed by atoms with Crippen LogP contribution in [0.3, 0.4) is 0 Å². The van der Waals surface area contributed by atoms with Gasteiger partial charge in [0.15, 0.2) is 0 Å². The number of aryl methyl sites for hydroxylation is 2. The largest absolute Gasteiger partial charge is 0.361 e. The first kappa shape index (κ1) is 12.6. The molecule has 0 aromatic carbocycles. The van der Waals surface area contributed by atoms with Crippen LogP contribution in [0.5, 0.6) is 0 Å². The first-order chi connectivity index (χ1) is 9.56. The van der Waals surface area contributed by atoms with Gasteiger partial charge < -0.3 is 4.52 Å². The predicted molar refractivity (Wildman–Crippen MR) is 69.0 cm³/mol. The Hall–Kier alpha value is -2.44. The molecule has 0 bridgehead atoms. The third-order valence-corrected chi connectivity index (χ3v) is 3.43. The van der Waals surface area contributed by atoms with Crippen LogP contribution >= 0.6 is 0 Å². The summed E-state index contributed by atoms with van der Waals surface area (Å²) >= 11 is 0. The quantitative estimate of drug-likeness (QED) is 0.785. The van der Waals surface area contributed by atoms with E-state index in [0.29, 0.717) is 12.2 Å². The number of rotatable bonds is 3. The first-order valence-electron chi connectivity index (χ1n) is 6.36. The summed E-state index contributed by atoms with van der Waals surface area (Å²) in [6, 6.07) is 0. The summed E-state index contributed by atoms with van der Waals surface area (Å²) in [7, 11) is 0. The number of carbonyl (C=O) groups is 2. The molecule has 0 radical (unpaired) electrons. The van der Waals surface area contributed by atoms with Crippen LogP contribution < -0.4 is 4.90 Å². The SMILES string of the molecule is Cc1noc(C)c1Cn1cc(N2C(=O)CCC2=O)cn1. The Bertz CT molecular complexity index is 650. The van der Waals surface area contributed by atoms with Crippen molar-refractivity contribution in [3.05, 3.63) is 29.4 Å². The lowest BCUT2D eigenvalue weighted by Gasteiger charge is -2.09. The smallest absolute Gasteiger partial charge is 0.234 e. The zero-order valence-electron chi connectivity index (χ0n) is 11.3. The fraction of sp³-hybridized carbons (Fsp3) is 0.385. The summed E-state index contributed by atoms with van der Waals surface area (Å²) in [6.45, 7) is 4.20. The highest BCUT2D eigenvalue weighted by Crippen LogP contribution is 2.22. The summed E-state index contributed by atoms with van der Waals surface area (Å²) in [5.41, 5.74) is 2.29. The van der Waals surface area contributed by atoms with Crippen molar-refractivity contribution in [1.82, 2.24) is 14.9 Å². The molecule has 1 aliphatic rings. The van der Waals surface area contributed by atoms with Crippen molar-refractivity contribution >= 4 is 17.5 Å².